The van der Waals surface area contributed by atoms with Crippen LogP contribution < -0.4 is 11.1 Å². The molecule has 3 rings (SSSR count). The summed E-state index contributed by atoms with van der Waals surface area (Å²) in [4.78, 5) is 35.8. The summed E-state index contributed by atoms with van der Waals surface area (Å²) >= 11 is 1.28. The minimum Gasteiger partial charge on any atom is -0.365 e. The Morgan fingerprint density at radius 2 is 1.86 bits per heavy atom. The number of nitro benzene ring substituents is 1. The van der Waals surface area contributed by atoms with E-state index < -0.39 is 16.7 Å². The Hall–Kier alpha value is -3.52. The Bertz CT molecular complexity index is 1060. The van der Waals surface area contributed by atoms with E-state index in [-0.39, 0.29) is 16.8 Å². The summed E-state index contributed by atoms with van der Waals surface area (Å²) in [5, 5.41) is 13.9. The summed E-state index contributed by atoms with van der Waals surface area (Å²) < 4.78 is 0. The normalized spacial score (nSPS) is 10.5. The Kier molecular flexibility index (Phi) is 5.51. The van der Waals surface area contributed by atoms with Gasteiger partial charge in [-0.3, -0.25) is 19.7 Å². The third-order valence-electron chi connectivity index (χ3n) is 4.25. The number of nitro groups is 1. The smallest absolute Gasteiger partial charge is 0.270 e. The molecule has 0 unspecified atom stereocenters. The number of carbonyl (C=O) groups excluding carboxylic acids is 2. The number of nitrogens with zero attached hydrogens (tertiary/aromatic N) is 1. The maximum Gasteiger partial charge on any atom is 0.270 e. The summed E-state index contributed by atoms with van der Waals surface area (Å²) in [6.07, 6.45) is 0.601. The molecule has 3 N–H and O–H groups in total. The molecule has 3 aromatic rings. The van der Waals surface area contributed by atoms with Crippen molar-refractivity contribution in [1.29, 1.82) is 0 Å². The van der Waals surface area contributed by atoms with Crippen molar-refractivity contribution in [3.05, 3.63) is 91.8 Å². The second-order valence-corrected chi connectivity index (χ2v) is 7.25. The van der Waals surface area contributed by atoms with Gasteiger partial charge in [-0.1, -0.05) is 36.4 Å². The number of non-ortho nitro benzene ring substituents is 1. The predicted octanol–water partition coefficient (Wildman–Crippen LogP) is 3.91. The van der Waals surface area contributed by atoms with Gasteiger partial charge in [-0.05, 0) is 24.1 Å². The van der Waals surface area contributed by atoms with Crippen molar-refractivity contribution in [2.24, 2.45) is 5.73 Å². The first-order chi connectivity index (χ1) is 13.4. The zero-order valence-electron chi connectivity index (χ0n) is 15.0. The van der Waals surface area contributed by atoms with E-state index in [9.17, 15) is 19.7 Å². The standard InChI is InChI=1S/C20H17N3O4S/c1-12-16(10-13-6-3-2-4-7-13)28-20(17(12)18(21)24)22-19(25)14-8-5-9-15(11-14)23(26)27/h2-9,11H,10H2,1H3,(H2,21,24)(H,22,25). The first-order valence-electron chi connectivity index (χ1n) is 8.38. The molecule has 142 valence electrons. The van der Waals surface area contributed by atoms with Crippen LogP contribution in [0.15, 0.2) is 54.6 Å². The number of hydrogen-bond acceptors (Lipinski definition) is 5. The molecule has 2 amide bonds. The van der Waals surface area contributed by atoms with E-state index in [0.717, 1.165) is 16.0 Å². The highest BCUT2D eigenvalue weighted by atomic mass is 32.1. The lowest BCUT2D eigenvalue weighted by Crippen LogP contribution is -2.17. The van der Waals surface area contributed by atoms with Gasteiger partial charge < -0.3 is 11.1 Å². The summed E-state index contributed by atoms with van der Waals surface area (Å²) in [6, 6.07) is 15.1. The summed E-state index contributed by atoms with van der Waals surface area (Å²) in [5.74, 6) is -1.18. The van der Waals surface area contributed by atoms with Crippen molar-refractivity contribution >= 4 is 33.8 Å². The largest absolute Gasteiger partial charge is 0.365 e. The average Bonchev–Trinajstić information content (AvgIpc) is 2.97. The molecule has 0 atom stereocenters. The molecule has 0 saturated heterocycles. The number of benzene rings is 2. The van der Waals surface area contributed by atoms with E-state index >= 15 is 0 Å². The summed E-state index contributed by atoms with van der Waals surface area (Å²) in [6.45, 7) is 1.79. The lowest BCUT2D eigenvalue weighted by molar-refractivity contribution is -0.384. The first kappa shape index (κ1) is 19.2. The molecular weight excluding hydrogens is 378 g/mol. The highest BCUT2D eigenvalue weighted by Crippen LogP contribution is 2.34. The molecule has 2 aromatic carbocycles. The average molecular weight is 395 g/mol. The van der Waals surface area contributed by atoms with Gasteiger partial charge in [0.05, 0.1) is 10.5 Å². The molecule has 28 heavy (non-hydrogen) atoms. The van der Waals surface area contributed by atoms with Gasteiger partial charge >= 0.3 is 0 Å². The van der Waals surface area contributed by atoms with Crippen LogP contribution in [0, 0.1) is 17.0 Å². The summed E-state index contributed by atoms with van der Waals surface area (Å²) in [5.41, 5.74) is 7.51. The molecule has 0 aliphatic carbocycles. The monoisotopic (exact) mass is 395 g/mol. The lowest BCUT2D eigenvalue weighted by Gasteiger charge is -2.05. The van der Waals surface area contributed by atoms with Crippen LogP contribution in [-0.2, 0) is 6.42 Å². The maximum atomic E-state index is 12.6. The van der Waals surface area contributed by atoms with Gasteiger partial charge in [0.2, 0.25) is 0 Å². The van der Waals surface area contributed by atoms with Crippen LogP contribution in [0.4, 0.5) is 10.7 Å². The van der Waals surface area contributed by atoms with E-state index in [1.54, 1.807) is 6.92 Å². The second-order valence-electron chi connectivity index (χ2n) is 6.14. The fourth-order valence-electron chi connectivity index (χ4n) is 2.83. The number of hydrogen-bond donors (Lipinski definition) is 2. The SMILES string of the molecule is Cc1c(Cc2ccccc2)sc(NC(=O)c2cccc([N+](=O)[O-])c2)c1C(N)=O. The van der Waals surface area contributed by atoms with E-state index in [2.05, 4.69) is 5.32 Å². The van der Waals surface area contributed by atoms with Gasteiger partial charge in [-0.15, -0.1) is 11.3 Å². The van der Waals surface area contributed by atoms with Gasteiger partial charge in [-0.2, -0.15) is 0 Å². The first-order valence-corrected chi connectivity index (χ1v) is 9.20. The van der Waals surface area contributed by atoms with Crippen molar-refractivity contribution < 1.29 is 14.5 Å². The van der Waals surface area contributed by atoms with Gasteiger partial charge in [0, 0.05) is 29.0 Å². The summed E-state index contributed by atoms with van der Waals surface area (Å²) in [7, 11) is 0. The van der Waals surface area contributed by atoms with Crippen LogP contribution in [0.5, 0.6) is 0 Å². The molecule has 0 radical (unpaired) electrons. The molecule has 0 fully saturated rings. The molecule has 1 heterocycles. The molecule has 0 spiro atoms. The zero-order valence-corrected chi connectivity index (χ0v) is 15.8. The third kappa shape index (κ3) is 4.07. The van der Waals surface area contributed by atoms with Gasteiger partial charge in [0.1, 0.15) is 5.00 Å². The molecule has 0 saturated carbocycles. The third-order valence-corrected chi connectivity index (χ3v) is 5.45. The van der Waals surface area contributed by atoms with E-state index in [0.29, 0.717) is 11.4 Å². The van der Waals surface area contributed by atoms with Crippen LogP contribution in [0.1, 0.15) is 36.7 Å². The van der Waals surface area contributed by atoms with Gasteiger partial charge in [0.15, 0.2) is 0 Å². The number of rotatable bonds is 6. The number of anilines is 1. The Morgan fingerprint density at radius 3 is 2.50 bits per heavy atom. The minimum atomic E-state index is -0.637. The molecule has 1 aromatic heterocycles. The van der Waals surface area contributed by atoms with Crippen LogP contribution in [-0.4, -0.2) is 16.7 Å². The number of amides is 2. The highest BCUT2D eigenvalue weighted by molar-refractivity contribution is 7.17. The predicted molar refractivity (Wildman–Crippen MR) is 108 cm³/mol. The Labute approximate surface area is 165 Å². The van der Waals surface area contributed by atoms with Gasteiger partial charge in [-0.25, -0.2) is 0 Å². The lowest BCUT2D eigenvalue weighted by atomic mass is 10.1. The van der Waals surface area contributed by atoms with Crippen LogP contribution in [0.3, 0.4) is 0 Å². The molecular formula is C20H17N3O4S. The number of carbonyl (C=O) groups is 2. The van der Waals surface area contributed by atoms with Crippen molar-refractivity contribution in [2.45, 2.75) is 13.3 Å². The molecule has 8 heteroatoms. The highest BCUT2D eigenvalue weighted by Gasteiger charge is 2.22. The topological polar surface area (TPSA) is 115 Å². The van der Waals surface area contributed by atoms with Crippen LogP contribution in [0.2, 0.25) is 0 Å². The van der Waals surface area contributed by atoms with Crippen LogP contribution in [0.25, 0.3) is 0 Å². The van der Waals surface area contributed by atoms with E-state index in [1.165, 1.54) is 35.6 Å². The van der Waals surface area contributed by atoms with Crippen LogP contribution >= 0.6 is 11.3 Å². The van der Waals surface area contributed by atoms with E-state index in [1.807, 2.05) is 30.3 Å². The quantitative estimate of drug-likeness (QED) is 0.486. The van der Waals surface area contributed by atoms with E-state index in [4.69, 9.17) is 5.73 Å². The second kappa shape index (κ2) is 8.01. The number of primary amides is 1. The van der Waals surface area contributed by atoms with Crippen molar-refractivity contribution in [1.82, 2.24) is 0 Å². The minimum absolute atomic E-state index is 0.125. The van der Waals surface area contributed by atoms with Gasteiger partial charge in [0.25, 0.3) is 17.5 Å². The Morgan fingerprint density at radius 1 is 1.14 bits per heavy atom. The number of nitrogens with two attached hydrogens (primary N) is 1. The fourth-order valence-corrected chi connectivity index (χ4v) is 4.07. The number of nitrogens with one attached hydrogen (secondary N) is 1. The molecule has 7 nitrogen and oxygen atoms in total. The molecule has 0 aliphatic rings. The maximum absolute atomic E-state index is 12.6. The van der Waals surface area contributed by atoms with Crippen molar-refractivity contribution in [3.63, 3.8) is 0 Å². The number of thiophene rings is 1. The zero-order chi connectivity index (χ0) is 20.3. The van der Waals surface area contributed by atoms with Crippen molar-refractivity contribution in [3.8, 4) is 0 Å². The molecule has 0 bridgehead atoms. The fraction of sp³-hybridized carbons (Fsp3) is 0.100. The van der Waals surface area contributed by atoms with Crippen molar-refractivity contribution in [2.75, 3.05) is 5.32 Å². The Balaban J connectivity index is 1.92. The molecule has 0 aliphatic heterocycles.